The Balaban J connectivity index is 0.00000243. The maximum Gasteiger partial charge on any atom is 0.289 e. The molecule has 3 rings (SSSR count). The average Bonchev–Trinajstić information content (AvgIpc) is 3.18. The average molecular weight is 474 g/mol. The molecule has 1 aromatic rings. The second kappa shape index (κ2) is 10.2. The second-order valence-electron chi connectivity index (χ2n) is 7.31. The van der Waals surface area contributed by atoms with E-state index in [1.165, 1.54) is 25.7 Å². The van der Waals surface area contributed by atoms with Gasteiger partial charge >= 0.3 is 0 Å². The lowest BCUT2D eigenvalue weighted by Gasteiger charge is -2.36. The predicted octanol–water partition coefficient (Wildman–Crippen LogP) is 3.06. The van der Waals surface area contributed by atoms with Gasteiger partial charge in [0.25, 0.3) is 5.91 Å². The molecule has 26 heavy (non-hydrogen) atoms. The first kappa shape index (κ1) is 21.1. The fourth-order valence-electron chi connectivity index (χ4n) is 3.78. The number of aliphatic imine (C=N–C) groups is 1. The number of furan rings is 1. The van der Waals surface area contributed by atoms with E-state index in [0.29, 0.717) is 18.8 Å². The van der Waals surface area contributed by atoms with Gasteiger partial charge in [-0.15, -0.1) is 24.0 Å². The van der Waals surface area contributed by atoms with E-state index in [2.05, 4.69) is 22.1 Å². The largest absolute Gasteiger partial charge is 0.459 e. The van der Waals surface area contributed by atoms with Gasteiger partial charge in [0.2, 0.25) is 0 Å². The Morgan fingerprint density at radius 3 is 2.42 bits per heavy atom. The summed E-state index contributed by atoms with van der Waals surface area (Å²) in [5.41, 5.74) is 0. The van der Waals surface area contributed by atoms with Crippen LogP contribution in [0, 0.1) is 11.8 Å². The van der Waals surface area contributed by atoms with Gasteiger partial charge in [0, 0.05) is 39.8 Å². The maximum atomic E-state index is 12.3. The Labute approximate surface area is 173 Å². The quantitative estimate of drug-likeness (QED) is 0.416. The number of piperazine rings is 1. The van der Waals surface area contributed by atoms with E-state index < -0.39 is 0 Å². The normalized spacial score (nSPS) is 24.2. The second-order valence-corrected chi connectivity index (χ2v) is 7.31. The van der Waals surface area contributed by atoms with Gasteiger partial charge in [-0.2, -0.15) is 0 Å². The molecular weight excluding hydrogens is 443 g/mol. The molecule has 0 atom stereocenters. The number of carbonyl (C=O) groups is 1. The molecule has 1 saturated heterocycles. The van der Waals surface area contributed by atoms with Crippen LogP contribution in [0.2, 0.25) is 0 Å². The van der Waals surface area contributed by atoms with Crippen molar-refractivity contribution in [3.05, 3.63) is 24.2 Å². The molecule has 1 saturated carbocycles. The number of rotatable bonds is 3. The minimum Gasteiger partial charge on any atom is -0.459 e. The van der Waals surface area contributed by atoms with Gasteiger partial charge < -0.3 is 19.5 Å². The van der Waals surface area contributed by atoms with Gasteiger partial charge in [-0.25, -0.2) is 0 Å². The van der Waals surface area contributed by atoms with Crippen molar-refractivity contribution >= 4 is 35.8 Å². The van der Waals surface area contributed by atoms with Gasteiger partial charge in [-0.3, -0.25) is 9.79 Å². The molecule has 0 unspecified atom stereocenters. The summed E-state index contributed by atoms with van der Waals surface area (Å²) in [7, 11) is 1.84. The first-order valence-electron chi connectivity index (χ1n) is 9.45. The molecule has 1 aromatic heterocycles. The van der Waals surface area contributed by atoms with Crippen LogP contribution in [0.5, 0.6) is 0 Å². The summed E-state index contributed by atoms with van der Waals surface area (Å²) in [4.78, 5) is 20.9. The highest BCUT2D eigenvalue weighted by Gasteiger charge is 2.25. The maximum absolute atomic E-state index is 12.3. The van der Waals surface area contributed by atoms with Crippen molar-refractivity contribution in [1.82, 2.24) is 15.1 Å². The lowest BCUT2D eigenvalue weighted by molar-refractivity contribution is 0.0657. The van der Waals surface area contributed by atoms with E-state index in [9.17, 15) is 4.79 Å². The van der Waals surface area contributed by atoms with Crippen LogP contribution in [0.25, 0.3) is 0 Å². The molecule has 1 aliphatic heterocycles. The lowest BCUT2D eigenvalue weighted by Crippen LogP contribution is -2.54. The zero-order valence-corrected chi connectivity index (χ0v) is 18.1. The van der Waals surface area contributed by atoms with Crippen LogP contribution < -0.4 is 5.32 Å². The van der Waals surface area contributed by atoms with E-state index in [-0.39, 0.29) is 29.9 Å². The van der Waals surface area contributed by atoms with Crippen LogP contribution >= 0.6 is 24.0 Å². The monoisotopic (exact) mass is 474 g/mol. The Hall–Kier alpha value is -1.25. The van der Waals surface area contributed by atoms with Gasteiger partial charge in [-0.1, -0.05) is 19.8 Å². The molecule has 2 heterocycles. The molecule has 6 nitrogen and oxygen atoms in total. The third-order valence-corrected chi connectivity index (χ3v) is 5.49. The first-order valence-corrected chi connectivity index (χ1v) is 9.45. The number of guanidine groups is 1. The zero-order chi connectivity index (χ0) is 17.6. The van der Waals surface area contributed by atoms with E-state index in [0.717, 1.165) is 37.4 Å². The molecular formula is C19H31IN4O2. The third-order valence-electron chi connectivity index (χ3n) is 5.49. The zero-order valence-electron chi connectivity index (χ0n) is 15.8. The summed E-state index contributed by atoms with van der Waals surface area (Å²) in [6.45, 7) is 6.35. The van der Waals surface area contributed by atoms with Crippen LogP contribution in [0.1, 0.15) is 43.2 Å². The summed E-state index contributed by atoms with van der Waals surface area (Å²) in [5.74, 6) is 3.00. The Morgan fingerprint density at radius 1 is 1.19 bits per heavy atom. The van der Waals surface area contributed by atoms with Crippen molar-refractivity contribution in [1.29, 1.82) is 0 Å². The van der Waals surface area contributed by atoms with Crippen LogP contribution in [0.3, 0.4) is 0 Å². The molecule has 7 heteroatoms. The summed E-state index contributed by atoms with van der Waals surface area (Å²) < 4.78 is 5.22. The van der Waals surface area contributed by atoms with Crippen molar-refractivity contribution < 1.29 is 9.21 Å². The Bertz CT molecular complexity index is 574. The SMILES string of the molecule is CN=C(NCC1CCC(C)CC1)N1CCN(C(=O)c2ccco2)CC1.I. The third kappa shape index (κ3) is 5.37. The molecule has 2 fully saturated rings. The predicted molar refractivity (Wildman–Crippen MR) is 114 cm³/mol. The van der Waals surface area contributed by atoms with Crippen molar-refractivity contribution in [2.45, 2.75) is 32.6 Å². The van der Waals surface area contributed by atoms with Gasteiger partial charge in [0.15, 0.2) is 11.7 Å². The number of carbonyl (C=O) groups excluding carboxylic acids is 1. The molecule has 0 spiro atoms. The van der Waals surface area contributed by atoms with E-state index in [1.807, 2.05) is 11.9 Å². The summed E-state index contributed by atoms with van der Waals surface area (Å²) >= 11 is 0. The van der Waals surface area contributed by atoms with Crippen LogP contribution in [-0.2, 0) is 0 Å². The summed E-state index contributed by atoms with van der Waals surface area (Å²) in [6.07, 6.45) is 6.87. The number of nitrogens with zero attached hydrogens (tertiary/aromatic N) is 3. The smallest absolute Gasteiger partial charge is 0.289 e. The molecule has 0 bridgehead atoms. The van der Waals surface area contributed by atoms with E-state index in [1.54, 1.807) is 18.4 Å². The highest BCUT2D eigenvalue weighted by Crippen LogP contribution is 2.27. The topological polar surface area (TPSA) is 61.1 Å². The molecule has 0 radical (unpaired) electrons. The van der Waals surface area contributed by atoms with Crippen molar-refractivity contribution in [2.75, 3.05) is 39.8 Å². The number of amides is 1. The molecule has 1 N–H and O–H groups in total. The molecule has 0 aromatic carbocycles. The number of hydrogen-bond donors (Lipinski definition) is 1. The standard InChI is InChI=1S/C19H30N4O2.HI/c1-15-5-7-16(8-6-15)14-21-19(20-2)23-11-9-22(10-12-23)18(24)17-4-3-13-25-17;/h3-4,13,15-16H,5-12,14H2,1-2H3,(H,20,21);1H. The van der Waals surface area contributed by atoms with Crippen LogP contribution in [0.15, 0.2) is 27.8 Å². The number of hydrogen-bond acceptors (Lipinski definition) is 3. The van der Waals surface area contributed by atoms with E-state index >= 15 is 0 Å². The highest BCUT2D eigenvalue weighted by atomic mass is 127. The van der Waals surface area contributed by atoms with Crippen molar-refractivity contribution in [3.63, 3.8) is 0 Å². The minimum atomic E-state index is -0.0241. The Morgan fingerprint density at radius 2 is 1.85 bits per heavy atom. The van der Waals surface area contributed by atoms with Gasteiger partial charge in [0.05, 0.1) is 6.26 Å². The highest BCUT2D eigenvalue weighted by molar-refractivity contribution is 14.0. The number of halogens is 1. The lowest BCUT2D eigenvalue weighted by atomic mass is 9.83. The van der Waals surface area contributed by atoms with Crippen LogP contribution in [0.4, 0.5) is 0 Å². The van der Waals surface area contributed by atoms with Gasteiger partial charge in [-0.05, 0) is 36.8 Å². The molecule has 1 amide bonds. The minimum absolute atomic E-state index is 0. The van der Waals surface area contributed by atoms with Crippen LogP contribution in [-0.4, -0.2) is 61.4 Å². The number of nitrogens with one attached hydrogen (secondary N) is 1. The summed E-state index contributed by atoms with van der Waals surface area (Å²) in [6, 6.07) is 3.47. The van der Waals surface area contributed by atoms with E-state index in [4.69, 9.17) is 4.42 Å². The molecule has 146 valence electrons. The molecule has 2 aliphatic rings. The van der Waals surface area contributed by atoms with Crippen molar-refractivity contribution in [2.24, 2.45) is 16.8 Å². The van der Waals surface area contributed by atoms with Gasteiger partial charge in [0.1, 0.15) is 0 Å². The first-order chi connectivity index (χ1) is 12.2. The Kier molecular flexibility index (Phi) is 8.24. The van der Waals surface area contributed by atoms with Crippen molar-refractivity contribution in [3.8, 4) is 0 Å². The fraction of sp³-hybridized carbons (Fsp3) is 0.684. The fourth-order valence-corrected chi connectivity index (χ4v) is 3.78. The summed E-state index contributed by atoms with van der Waals surface area (Å²) in [5, 5.41) is 3.55. The molecule has 1 aliphatic carbocycles.